The maximum absolute atomic E-state index is 11.4. The van der Waals surface area contributed by atoms with Gasteiger partial charge in [0, 0.05) is 0 Å². The quantitative estimate of drug-likeness (QED) is 0.729. The van der Waals surface area contributed by atoms with E-state index in [9.17, 15) is 4.79 Å². The molecule has 0 atom stereocenters. The van der Waals surface area contributed by atoms with Gasteiger partial charge in [0.05, 0.1) is 5.41 Å². The number of hydrogen-bond donors (Lipinski definition) is 0. The molecule has 1 aromatic rings. The van der Waals surface area contributed by atoms with Crippen LogP contribution in [-0.4, -0.2) is 5.24 Å². The van der Waals surface area contributed by atoms with E-state index in [-0.39, 0.29) is 5.24 Å². The molecule has 0 bridgehead atoms. The zero-order valence-corrected chi connectivity index (χ0v) is 11.2. The highest BCUT2D eigenvalue weighted by atomic mass is 35.5. The second-order valence-corrected chi connectivity index (χ2v) is 4.93. The molecule has 0 aliphatic carbocycles. The van der Waals surface area contributed by atoms with Crippen LogP contribution in [-0.2, 0) is 23.1 Å². The second-order valence-electron chi connectivity index (χ2n) is 4.59. The third kappa shape index (κ3) is 2.46. The first-order valence-electron chi connectivity index (χ1n) is 5.75. The third-order valence-corrected chi connectivity index (χ3v) is 3.65. The lowest BCUT2D eigenvalue weighted by molar-refractivity contribution is -0.115. The molecule has 0 aromatic heterocycles. The predicted octanol–water partition coefficient (Wildman–Crippen LogP) is 3.85. The van der Waals surface area contributed by atoms with Crippen molar-refractivity contribution in [1.82, 2.24) is 0 Å². The number of rotatable bonds is 4. The van der Waals surface area contributed by atoms with Gasteiger partial charge in [-0.1, -0.05) is 32.0 Å². The smallest absolute Gasteiger partial charge is 0.231 e. The fourth-order valence-electron chi connectivity index (χ4n) is 1.80. The molecule has 0 N–H and O–H groups in total. The normalized spacial score (nSPS) is 11.6. The fourth-order valence-corrected chi connectivity index (χ4v) is 1.91. The van der Waals surface area contributed by atoms with Crippen molar-refractivity contribution in [3.8, 4) is 0 Å². The summed E-state index contributed by atoms with van der Waals surface area (Å²) in [6.45, 7) is 8.01. The predicted molar refractivity (Wildman–Crippen MR) is 69.1 cm³/mol. The standard InChI is InChI=1S/C14H19ClO/c1-5-10-7-8-12(9-11(10)6-2)14(3,4)13(15)16/h7-9H,5-6H2,1-4H3. The van der Waals surface area contributed by atoms with Crippen LogP contribution < -0.4 is 0 Å². The maximum Gasteiger partial charge on any atom is 0.231 e. The lowest BCUT2D eigenvalue weighted by atomic mass is 9.83. The van der Waals surface area contributed by atoms with Crippen LogP contribution in [0.3, 0.4) is 0 Å². The van der Waals surface area contributed by atoms with Gasteiger partial charge in [0.25, 0.3) is 0 Å². The van der Waals surface area contributed by atoms with Crippen molar-refractivity contribution < 1.29 is 4.79 Å². The number of benzene rings is 1. The van der Waals surface area contributed by atoms with Crippen molar-refractivity contribution in [1.29, 1.82) is 0 Å². The zero-order chi connectivity index (χ0) is 12.3. The Kier molecular flexibility index (Phi) is 4.15. The number of carbonyl (C=O) groups is 1. The van der Waals surface area contributed by atoms with E-state index in [1.807, 2.05) is 19.9 Å². The van der Waals surface area contributed by atoms with Crippen LogP contribution in [0.5, 0.6) is 0 Å². The van der Waals surface area contributed by atoms with Crippen LogP contribution in [0.1, 0.15) is 44.4 Å². The van der Waals surface area contributed by atoms with Crippen LogP contribution in [0.15, 0.2) is 18.2 Å². The molecule has 0 fully saturated rings. The Morgan fingerprint density at radius 3 is 2.19 bits per heavy atom. The average Bonchev–Trinajstić information content (AvgIpc) is 2.27. The van der Waals surface area contributed by atoms with Crippen molar-refractivity contribution in [3.63, 3.8) is 0 Å². The van der Waals surface area contributed by atoms with E-state index < -0.39 is 5.41 Å². The van der Waals surface area contributed by atoms with E-state index in [1.54, 1.807) is 0 Å². The van der Waals surface area contributed by atoms with Crippen molar-refractivity contribution in [2.45, 2.75) is 46.0 Å². The van der Waals surface area contributed by atoms with Gasteiger partial charge in [-0.2, -0.15) is 0 Å². The molecule has 1 rings (SSSR count). The van der Waals surface area contributed by atoms with E-state index in [4.69, 9.17) is 11.6 Å². The van der Waals surface area contributed by atoms with E-state index >= 15 is 0 Å². The molecule has 0 heterocycles. The van der Waals surface area contributed by atoms with E-state index in [0.29, 0.717) is 0 Å². The minimum atomic E-state index is -0.599. The van der Waals surface area contributed by atoms with Gasteiger partial charge in [-0.25, -0.2) is 0 Å². The second kappa shape index (κ2) is 5.01. The van der Waals surface area contributed by atoms with E-state index in [2.05, 4.69) is 26.0 Å². The van der Waals surface area contributed by atoms with Gasteiger partial charge in [-0.3, -0.25) is 4.79 Å². The number of aryl methyl sites for hydroxylation is 2. The molecule has 0 unspecified atom stereocenters. The number of hydrogen-bond acceptors (Lipinski definition) is 1. The summed E-state index contributed by atoms with van der Waals surface area (Å²) in [4.78, 5) is 11.4. The first kappa shape index (κ1) is 13.2. The van der Waals surface area contributed by atoms with Crippen molar-refractivity contribution in [2.75, 3.05) is 0 Å². The molecule has 0 amide bonds. The molecule has 16 heavy (non-hydrogen) atoms. The molecule has 0 saturated heterocycles. The van der Waals surface area contributed by atoms with Gasteiger partial charge in [0.1, 0.15) is 0 Å². The fraction of sp³-hybridized carbons (Fsp3) is 0.500. The minimum absolute atomic E-state index is 0.307. The summed E-state index contributed by atoms with van der Waals surface area (Å²) in [5.74, 6) is 0. The minimum Gasteiger partial charge on any atom is -0.280 e. The summed E-state index contributed by atoms with van der Waals surface area (Å²) in [7, 11) is 0. The average molecular weight is 239 g/mol. The Hall–Kier alpha value is -0.820. The van der Waals surface area contributed by atoms with Gasteiger partial charge in [-0.05, 0) is 55.0 Å². The molecule has 0 saturated carbocycles. The lowest BCUT2D eigenvalue weighted by Crippen LogP contribution is -2.25. The van der Waals surface area contributed by atoms with E-state index in [0.717, 1.165) is 18.4 Å². The van der Waals surface area contributed by atoms with Crippen LogP contribution >= 0.6 is 11.6 Å². The molecule has 0 spiro atoms. The SMILES string of the molecule is CCc1ccc(C(C)(C)C(=O)Cl)cc1CC. The summed E-state index contributed by atoms with van der Waals surface area (Å²) in [5.41, 5.74) is 3.06. The molecule has 0 radical (unpaired) electrons. The van der Waals surface area contributed by atoms with Crippen molar-refractivity contribution in [3.05, 3.63) is 34.9 Å². The van der Waals surface area contributed by atoms with Crippen molar-refractivity contribution in [2.24, 2.45) is 0 Å². The van der Waals surface area contributed by atoms with Gasteiger partial charge < -0.3 is 0 Å². The van der Waals surface area contributed by atoms with Gasteiger partial charge in [0.15, 0.2) is 0 Å². The largest absolute Gasteiger partial charge is 0.280 e. The van der Waals surface area contributed by atoms with Gasteiger partial charge >= 0.3 is 0 Å². The summed E-state index contributed by atoms with van der Waals surface area (Å²) in [5, 5.41) is -0.307. The molecular weight excluding hydrogens is 220 g/mol. The van der Waals surface area contributed by atoms with E-state index in [1.165, 1.54) is 11.1 Å². The third-order valence-electron chi connectivity index (χ3n) is 3.18. The van der Waals surface area contributed by atoms with Crippen LogP contribution in [0.25, 0.3) is 0 Å². The topological polar surface area (TPSA) is 17.1 Å². The molecule has 0 aliphatic heterocycles. The molecule has 0 aliphatic rings. The summed E-state index contributed by atoms with van der Waals surface area (Å²) < 4.78 is 0. The van der Waals surface area contributed by atoms with Crippen molar-refractivity contribution >= 4 is 16.8 Å². The van der Waals surface area contributed by atoms with Gasteiger partial charge in [-0.15, -0.1) is 0 Å². The summed E-state index contributed by atoms with van der Waals surface area (Å²) in [6.07, 6.45) is 2.02. The summed E-state index contributed by atoms with van der Waals surface area (Å²) >= 11 is 5.63. The molecule has 88 valence electrons. The molecule has 1 nitrogen and oxygen atoms in total. The number of carbonyl (C=O) groups excluding carboxylic acids is 1. The highest BCUT2D eigenvalue weighted by molar-refractivity contribution is 6.65. The monoisotopic (exact) mass is 238 g/mol. The Labute approximate surface area is 103 Å². The Balaban J connectivity index is 3.23. The Morgan fingerprint density at radius 2 is 1.75 bits per heavy atom. The highest BCUT2D eigenvalue weighted by Crippen LogP contribution is 2.28. The van der Waals surface area contributed by atoms with Crippen LogP contribution in [0.4, 0.5) is 0 Å². The van der Waals surface area contributed by atoms with Crippen LogP contribution in [0, 0.1) is 0 Å². The molecule has 2 heteroatoms. The Morgan fingerprint density at radius 1 is 1.19 bits per heavy atom. The lowest BCUT2D eigenvalue weighted by Gasteiger charge is -2.21. The van der Waals surface area contributed by atoms with Gasteiger partial charge in [0.2, 0.25) is 5.24 Å². The zero-order valence-electron chi connectivity index (χ0n) is 10.4. The highest BCUT2D eigenvalue weighted by Gasteiger charge is 2.28. The molecular formula is C14H19ClO. The first-order chi connectivity index (χ1) is 7.43. The first-order valence-corrected chi connectivity index (χ1v) is 6.13. The Bertz CT molecular complexity index is 394. The maximum atomic E-state index is 11.4. The number of halogens is 1. The summed E-state index contributed by atoms with van der Waals surface area (Å²) in [6, 6.07) is 6.23. The van der Waals surface area contributed by atoms with Crippen LogP contribution in [0.2, 0.25) is 0 Å². The molecule has 1 aromatic carbocycles.